The first-order chi connectivity index (χ1) is 8.72. The van der Waals surface area contributed by atoms with Crippen molar-refractivity contribution in [1.29, 1.82) is 0 Å². The second kappa shape index (κ2) is 6.19. The molecule has 1 aromatic rings. The summed E-state index contributed by atoms with van der Waals surface area (Å²) in [6.07, 6.45) is 5.76. The Hall–Kier alpha value is -1.09. The minimum absolute atomic E-state index is 0.577. The number of hydrogen-bond donors (Lipinski definition) is 1. The predicted molar refractivity (Wildman–Crippen MR) is 76.5 cm³/mol. The van der Waals surface area contributed by atoms with E-state index >= 15 is 0 Å². The number of anilines is 1. The molecule has 0 amide bonds. The molecule has 1 aliphatic rings. The largest absolute Gasteiger partial charge is 0.356 e. The summed E-state index contributed by atoms with van der Waals surface area (Å²) < 4.78 is 0. The van der Waals surface area contributed by atoms with Crippen molar-refractivity contribution in [2.75, 3.05) is 18.0 Å². The highest BCUT2D eigenvalue weighted by molar-refractivity contribution is 5.46. The molecule has 0 saturated carbocycles. The van der Waals surface area contributed by atoms with Crippen molar-refractivity contribution in [2.45, 2.75) is 39.7 Å². The average molecular weight is 247 g/mol. The molecule has 3 heteroatoms. The van der Waals surface area contributed by atoms with Gasteiger partial charge in [-0.3, -0.25) is 0 Å². The summed E-state index contributed by atoms with van der Waals surface area (Å²) >= 11 is 0. The van der Waals surface area contributed by atoms with Crippen LogP contribution < -0.4 is 10.6 Å². The number of aromatic nitrogens is 1. The molecule has 3 nitrogen and oxygen atoms in total. The van der Waals surface area contributed by atoms with E-state index in [4.69, 9.17) is 5.73 Å². The molecule has 2 N–H and O–H groups in total. The SMILES string of the molecule is CC(C)C1CCCN(c2ncccc2CN)CC1. The molecule has 0 aliphatic carbocycles. The van der Waals surface area contributed by atoms with Crippen LogP contribution in [0.25, 0.3) is 0 Å². The van der Waals surface area contributed by atoms with Gasteiger partial charge in [-0.15, -0.1) is 0 Å². The van der Waals surface area contributed by atoms with Crippen LogP contribution in [0.1, 0.15) is 38.7 Å². The van der Waals surface area contributed by atoms with Gasteiger partial charge in [-0.05, 0) is 37.2 Å². The number of hydrogen-bond acceptors (Lipinski definition) is 3. The molecule has 18 heavy (non-hydrogen) atoms. The fraction of sp³-hybridized carbons (Fsp3) is 0.667. The van der Waals surface area contributed by atoms with Gasteiger partial charge in [-0.2, -0.15) is 0 Å². The van der Waals surface area contributed by atoms with E-state index < -0.39 is 0 Å². The Balaban J connectivity index is 2.10. The molecule has 0 spiro atoms. The molecule has 1 aliphatic heterocycles. The van der Waals surface area contributed by atoms with Gasteiger partial charge >= 0.3 is 0 Å². The number of pyridine rings is 1. The van der Waals surface area contributed by atoms with Crippen LogP contribution in [0.2, 0.25) is 0 Å². The molecule has 1 fully saturated rings. The topological polar surface area (TPSA) is 42.2 Å². The van der Waals surface area contributed by atoms with E-state index in [0.717, 1.165) is 30.7 Å². The zero-order valence-electron chi connectivity index (χ0n) is 11.6. The van der Waals surface area contributed by atoms with Gasteiger partial charge in [0.25, 0.3) is 0 Å². The normalized spacial score (nSPS) is 21.1. The standard InChI is InChI=1S/C15H25N3/c1-12(2)13-6-4-9-18(10-7-13)15-14(11-16)5-3-8-17-15/h3,5,8,12-13H,4,6-7,9-11,16H2,1-2H3. The smallest absolute Gasteiger partial charge is 0.132 e. The van der Waals surface area contributed by atoms with Crippen molar-refractivity contribution >= 4 is 5.82 Å². The second-order valence-electron chi connectivity index (χ2n) is 5.61. The number of rotatable bonds is 3. The molecule has 1 aromatic heterocycles. The Morgan fingerprint density at radius 1 is 1.39 bits per heavy atom. The first-order valence-electron chi connectivity index (χ1n) is 7.11. The zero-order valence-corrected chi connectivity index (χ0v) is 11.6. The quantitative estimate of drug-likeness (QED) is 0.893. The van der Waals surface area contributed by atoms with E-state index in [1.165, 1.54) is 24.8 Å². The fourth-order valence-corrected chi connectivity index (χ4v) is 2.87. The van der Waals surface area contributed by atoms with E-state index in [2.05, 4.69) is 29.8 Å². The van der Waals surface area contributed by atoms with Crippen molar-refractivity contribution < 1.29 is 0 Å². The van der Waals surface area contributed by atoms with Crippen LogP contribution in [0.3, 0.4) is 0 Å². The maximum absolute atomic E-state index is 5.81. The lowest BCUT2D eigenvalue weighted by molar-refractivity contribution is 0.351. The highest BCUT2D eigenvalue weighted by atomic mass is 15.2. The monoisotopic (exact) mass is 247 g/mol. The third kappa shape index (κ3) is 3.02. The molecule has 1 unspecified atom stereocenters. The summed E-state index contributed by atoms with van der Waals surface area (Å²) in [5.74, 6) is 2.76. The second-order valence-corrected chi connectivity index (χ2v) is 5.61. The summed E-state index contributed by atoms with van der Waals surface area (Å²) in [4.78, 5) is 6.95. The highest BCUT2D eigenvalue weighted by Gasteiger charge is 2.21. The maximum Gasteiger partial charge on any atom is 0.132 e. The van der Waals surface area contributed by atoms with Crippen LogP contribution in [0.5, 0.6) is 0 Å². The van der Waals surface area contributed by atoms with Gasteiger partial charge in [-0.1, -0.05) is 19.9 Å². The van der Waals surface area contributed by atoms with Gasteiger partial charge in [0.2, 0.25) is 0 Å². The fourth-order valence-electron chi connectivity index (χ4n) is 2.87. The van der Waals surface area contributed by atoms with E-state index in [0.29, 0.717) is 6.54 Å². The summed E-state index contributed by atoms with van der Waals surface area (Å²) in [5, 5.41) is 0. The first kappa shape index (κ1) is 13.3. The van der Waals surface area contributed by atoms with Crippen molar-refractivity contribution in [3.63, 3.8) is 0 Å². The molecule has 0 aromatic carbocycles. The van der Waals surface area contributed by atoms with Gasteiger partial charge in [0.1, 0.15) is 5.82 Å². The Bertz CT molecular complexity index is 376. The van der Waals surface area contributed by atoms with E-state index in [1.54, 1.807) is 0 Å². The van der Waals surface area contributed by atoms with E-state index in [1.807, 2.05) is 12.3 Å². The minimum atomic E-state index is 0.577. The minimum Gasteiger partial charge on any atom is -0.356 e. The first-order valence-corrected chi connectivity index (χ1v) is 7.11. The third-order valence-electron chi connectivity index (χ3n) is 4.10. The van der Waals surface area contributed by atoms with E-state index in [9.17, 15) is 0 Å². The van der Waals surface area contributed by atoms with Crippen LogP contribution >= 0.6 is 0 Å². The molecule has 2 heterocycles. The Kier molecular flexibility index (Phi) is 4.59. The maximum atomic E-state index is 5.81. The van der Waals surface area contributed by atoms with Gasteiger partial charge in [0.15, 0.2) is 0 Å². The summed E-state index contributed by atoms with van der Waals surface area (Å²) in [6.45, 7) is 7.49. The van der Waals surface area contributed by atoms with E-state index in [-0.39, 0.29) is 0 Å². The molecular weight excluding hydrogens is 222 g/mol. The molecule has 1 atom stereocenters. The summed E-state index contributed by atoms with van der Waals surface area (Å²) in [7, 11) is 0. The van der Waals surface area contributed by atoms with Gasteiger partial charge in [0, 0.05) is 31.4 Å². The number of nitrogens with zero attached hydrogens (tertiary/aromatic N) is 2. The number of nitrogens with two attached hydrogens (primary N) is 1. The lowest BCUT2D eigenvalue weighted by Gasteiger charge is -2.24. The van der Waals surface area contributed by atoms with Crippen LogP contribution in [0, 0.1) is 11.8 Å². The Morgan fingerprint density at radius 2 is 2.22 bits per heavy atom. The van der Waals surface area contributed by atoms with Gasteiger partial charge in [-0.25, -0.2) is 4.98 Å². The highest BCUT2D eigenvalue weighted by Crippen LogP contribution is 2.27. The lowest BCUT2D eigenvalue weighted by Crippen LogP contribution is -2.27. The Morgan fingerprint density at radius 3 is 2.94 bits per heavy atom. The third-order valence-corrected chi connectivity index (χ3v) is 4.10. The van der Waals surface area contributed by atoms with Crippen molar-refractivity contribution in [3.05, 3.63) is 23.9 Å². The molecule has 1 saturated heterocycles. The molecule has 0 bridgehead atoms. The Labute approximate surface area is 110 Å². The van der Waals surface area contributed by atoms with Gasteiger partial charge in [0.05, 0.1) is 0 Å². The van der Waals surface area contributed by atoms with Crippen LogP contribution in [-0.4, -0.2) is 18.1 Å². The zero-order chi connectivity index (χ0) is 13.0. The molecule has 100 valence electrons. The van der Waals surface area contributed by atoms with Crippen molar-refractivity contribution in [1.82, 2.24) is 4.98 Å². The summed E-state index contributed by atoms with van der Waals surface area (Å²) in [6, 6.07) is 4.06. The molecule has 0 radical (unpaired) electrons. The molecular formula is C15H25N3. The lowest BCUT2D eigenvalue weighted by atomic mass is 9.89. The van der Waals surface area contributed by atoms with Crippen molar-refractivity contribution in [2.24, 2.45) is 17.6 Å². The van der Waals surface area contributed by atoms with Crippen LogP contribution in [0.15, 0.2) is 18.3 Å². The average Bonchev–Trinajstić information content (AvgIpc) is 2.64. The predicted octanol–water partition coefficient (Wildman–Crippen LogP) is 2.80. The molecule has 2 rings (SSSR count). The summed E-state index contributed by atoms with van der Waals surface area (Å²) in [5.41, 5.74) is 6.97. The van der Waals surface area contributed by atoms with Crippen molar-refractivity contribution in [3.8, 4) is 0 Å². The van der Waals surface area contributed by atoms with Crippen LogP contribution in [0.4, 0.5) is 5.82 Å². The van der Waals surface area contributed by atoms with Crippen LogP contribution in [-0.2, 0) is 6.54 Å². The van der Waals surface area contributed by atoms with Gasteiger partial charge < -0.3 is 10.6 Å².